The fourth-order valence-corrected chi connectivity index (χ4v) is 2.18. The van der Waals surface area contributed by atoms with Crippen LogP contribution in [0.1, 0.15) is 30.3 Å². The second kappa shape index (κ2) is 6.20. The van der Waals surface area contributed by atoms with E-state index in [2.05, 4.69) is 22.5 Å². The Hall–Kier alpha value is -1.07. The van der Waals surface area contributed by atoms with Crippen molar-refractivity contribution in [1.82, 2.24) is 20.2 Å². The first kappa shape index (κ1) is 15.0. The number of aromatic nitrogens is 2. The number of amides is 1. The molecule has 1 amide bonds. The number of hydrogen-bond donors (Lipinski definition) is 2. The molecule has 2 rings (SSSR count). The summed E-state index contributed by atoms with van der Waals surface area (Å²) >= 11 is 0. The van der Waals surface area contributed by atoms with Crippen LogP contribution in [0.2, 0.25) is 0 Å². The summed E-state index contributed by atoms with van der Waals surface area (Å²) in [5.41, 5.74) is 0.655. The highest BCUT2D eigenvalue weighted by Crippen LogP contribution is 2.24. The highest BCUT2D eigenvalue weighted by molar-refractivity contribution is 5.92. The summed E-state index contributed by atoms with van der Waals surface area (Å²) in [4.78, 5) is 15.9. The van der Waals surface area contributed by atoms with Gasteiger partial charge in [0.1, 0.15) is 5.69 Å². The molecule has 2 N–H and O–H groups in total. The van der Waals surface area contributed by atoms with Crippen LogP contribution in [0.4, 0.5) is 0 Å². The number of halogens is 1. The van der Waals surface area contributed by atoms with Gasteiger partial charge in [0.15, 0.2) is 0 Å². The molecule has 6 heteroatoms. The first-order valence-electron chi connectivity index (χ1n) is 6.06. The number of aryl methyl sites for hydroxylation is 1. The number of hydrogen-bond acceptors (Lipinski definition) is 3. The minimum Gasteiger partial charge on any atom is -0.350 e. The van der Waals surface area contributed by atoms with E-state index in [0.29, 0.717) is 12.2 Å². The second-order valence-corrected chi connectivity index (χ2v) is 5.20. The summed E-state index contributed by atoms with van der Waals surface area (Å²) in [5.74, 6) is -0.0857. The van der Waals surface area contributed by atoms with E-state index in [9.17, 15) is 4.79 Å². The smallest absolute Gasteiger partial charge is 0.271 e. The SMILES string of the molecule is Cl.Cn1cnc(C(=O)NCC2(C)CCCNC2)c1. The topological polar surface area (TPSA) is 59.0 Å². The monoisotopic (exact) mass is 272 g/mol. The molecule has 0 aromatic carbocycles. The Bertz CT molecular complexity index is 399. The molecule has 1 fully saturated rings. The van der Waals surface area contributed by atoms with Crippen molar-refractivity contribution in [2.24, 2.45) is 12.5 Å². The van der Waals surface area contributed by atoms with Gasteiger partial charge in [-0.25, -0.2) is 4.98 Å². The van der Waals surface area contributed by atoms with Gasteiger partial charge in [-0.3, -0.25) is 4.79 Å². The van der Waals surface area contributed by atoms with Gasteiger partial charge in [-0.2, -0.15) is 0 Å². The summed E-state index contributed by atoms with van der Waals surface area (Å²) in [6, 6.07) is 0. The van der Waals surface area contributed by atoms with Crippen LogP contribution in [-0.4, -0.2) is 35.1 Å². The second-order valence-electron chi connectivity index (χ2n) is 5.20. The minimum atomic E-state index is -0.0857. The number of nitrogens with one attached hydrogen (secondary N) is 2. The molecule has 1 aliphatic heterocycles. The van der Waals surface area contributed by atoms with Crippen molar-refractivity contribution in [3.63, 3.8) is 0 Å². The third-order valence-electron chi connectivity index (χ3n) is 3.30. The van der Waals surface area contributed by atoms with Gasteiger partial charge in [0.05, 0.1) is 6.33 Å². The average molecular weight is 273 g/mol. The van der Waals surface area contributed by atoms with E-state index in [1.807, 2.05) is 7.05 Å². The lowest BCUT2D eigenvalue weighted by atomic mass is 9.83. The normalized spacial score (nSPS) is 23.2. The van der Waals surface area contributed by atoms with E-state index in [1.165, 1.54) is 6.42 Å². The predicted octanol–water partition coefficient (Wildman–Crippen LogP) is 0.961. The Morgan fingerprint density at radius 2 is 2.44 bits per heavy atom. The standard InChI is InChI=1S/C12H20N4O.ClH/c1-12(4-3-5-13-7-12)8-14-11(17)10-6-16(2)9-15-10;/h6,9,13H,3-5,7-8H2,1-2H3,(H,14,17);1H. The van der Waals surface area contributed by atoms with Crippen molar-refractivity contribution in [2.45, 2.75) is 19.8 Å². The first-order chi connectivity index (χ1) is 8.09. The maximum absolute atomic E-state index is 11.8. The quantitative estimate of drug-likeness (QED) is 0.862. The summed E-state index contributed by atoms with van der Waals surface area (Å²) < 4.78 is 1.78. The van der Waals surface area contributed by atoms with Gasteiger partial charge < -0.3 is 15.2 Å². The van der Waals surface area contributed by atoms with Gasteiger partial charge in [0.25, 0.3) is 5.91 Å². The molecule has 5 nitrogen and oxygen atoms in total. The molecule has 0 radical (unpaired) electrons. The lowest BCUT2D eigenvalue weighted by Gasteiger charge is -2.34. The van der Waals surface area contributed by atoms with Crippen molar-refractivity contribution in [1.29, 1.82) is 0 Å². The molecule has 0 aliphatic carbocycles. The van der Waals surface area contributed by atoms with Crippen LogP contribution < -0.4 is 10.6 Å². The van der Waals surface area contributed by atoms with Gasteiger partial charge >= 0.3 is 0 Å². The zero-order chi connectivity index (χ0) is 12.3. The maximum Gasteiger partial charge on any atom is 0.271 e. The van der Waals surface area contributed by atoms with Crippen molar-refractivity contribution in [3.05, 3.63) is 18.2 Å². The molecule has 1 saturated heterocycles. The fraction of sp³-hybridized carbons (Fsp3) is 0.667. The lowest BCUT2D eigenvalue weighted by Crippen LogP contribution is -2.45. The third kappa shape index (κ3) is 3.71. The van der Waals surface area contributed by atoms with E-state index >= 15 is 0 Å². The van der Waals surface area contributed by atoms with Crippen LogP contribution in [0.15, 0.2) is 12.5 Å². The van der Waals surface area contributed by atoms with Crippen molar-refractivity contribution >= 4 is 18.3 Å². The average Bonchev–Trinajstić information content (AvgIpc) is 2.74. The Labute approximate surface area is 114 Å². The van der Waals surface area contributed by atoms with E-state index in [0.717, 1.165) is 19.5 Å². The van der Waals surface area contributed by atoms with Crippen LogP contribution in [0.5, 0.6) is 0 Å². The van der Waals surface area contributed by atoms with Crippen molar-refractivity contribution < 1.29 is 4.79 Å². The van der Waals surface area contributed by atoms with E-state index < -0.39 is 0 Å². The molecule has 1 aliphatic rings. The number of imidazole rings is 1. The van der Waals surface area contributed by atoms with Crippen LogP contribution in [0, 0.1) is 5.41 Å². The predicted molar refractivity (Wildman–Crippen MR) is 73.0 cm³/mol. The van der Waals surface area contributed by atoms with E-state index in [4.69, 9.17) is 0 Å². The molecule has 0 spiro atoms. The van der Waals surface area contributed by atoms with E-state index in [1.54, 1.807) is 17.1 Å². The molecule has 0 bridgehead atoms. The van der Waals surface area contributed by atoms with Crippen LogP contribution in [0.25, 0.3) is 0 Å². The molecule has 2 heterocycles. The van der Waals surface area contributed by atoms with Gasteiger partial charge in [-0.05, 0) is 24.8 Å². The van der Waals surface area contributed by atoms with Gasteiger partial charge in [0, 0.05) is 26.3 Å². The summed E-state index contributed by atoms with van der Waals surface area (Å²) in [6.07, 6.45) is 5.70. The Kier molecular flexibility index (Phi) is 5.16. The van der Waals surface area contributed by atoms with Crippen LogP contribution in [-0.2, 0) is 7.05 Å². The largest absolute Gasteiger partial charge is 0.350 e. The number of nitrogens with zero attached hydrogens (tertiary/aromatic N) is 2. The number of piperidine rings is 1. The van der Waals surface area contributed by atoms with Gasteiger partial charge in [-0.15, -0.1) is 12.4 Å². The summed E-state index contributed by atoms with van der Waals surface area (Å²) in [7, 11) is 1.86. The maximum atomic E-state index is 11.8. The Morgan fingerprint density at radius 1 is 1.67 bits per heavy atom. The molecule has 1 atom stereocenters. The van der Waals surface area contributed by atoms with Crippen LogP contribution >= 0.6 is 12.4 Å². The summed E-state index contributed by atoms with van der Waals surface area (Å²) in [6.45, 7) is 4.96. The Balaban J connectivity index is 0.00000162. The van der Waals surface area contributed by atoms with Gasteiger partial charge in [-0.1, -0.05) is 6.92 Å². The molecule has 0 saturated carbocycles. The third-order valence-corrected chi connectivity index (χ3v) is 3.30. The number of carbonyl (C=O) groups is 1. The van der Waals surface area contributed by atoms with Gasteiger partial charge in [0.2, 0.25) is 0 Å². The molecular weight excluding hydrogens is 252 g/mol. The van der Waals surface area contributed by atoms with E-state index in [-0.39, 0.29) is 23.7 Å². The molecule has 1 aromatic rings. The Morgan fingerprint density at radius 3 is 3.00 bits per heavy atom. The minimum absolute atomic E-state index is 0. The molecule has 102 valence electrons. The first-order valence-corrected chi connectivity index (χ1v) is 6.06. The van der Waals surface area contributed by atoms with Crippen molar-refractivity contribution in [2.75, 3.05) is 19.6 Å². The lowest BCUT2D eigenvalue weighted by molar-refractivity contribution is 0.0920. The zero-order valence-electron chi connectivity index (χ0n) is 10.9. The van der Waals surface area contributed by atoms with Crippen molar-refractivity contribution in [3.8, 4) is 0 Å². The number of carbonyl (C=O) groups excluding carboxylic acids is 1. The zero-order valence-corrected chi connectivity index (χ0v) is 11.7. The number of rotatable bonds is 3. The molecule has 1 unspecified atom stereocenters. The molecule has 1 aromatic heterocycles. The molecule has 18 heavy (non-hydrogen) atoms. The molecular formula is C12H21ClN4O. The summed E-state index contributed by atoms with van der Waals surface area (Å²) in [5, 5.41) is 6.34. The highest BCUT2D eigenvalue weighted by Gasteiger charge is 2.27. The fourth-order valence-electron chi connectivity index (χ4n) is 2.18. The van der Waals surface area contributed by atoms with Crippen LogP contribution in [0.3, 0.4) is 0 Å². The highest BCUT2D eigenvalue weighted by atomic mass is 35.5.